The van der Waals surface area contributed by atoms with E-state index in [4.69, 9.17) is 14.2 Å². The van der Waals surface area contributed by atoms with Gasteiger partial charge in [0.1, 0.15) is 0 Å². The van der Waals surface area contributed by atoms with Crippen LogP contribution in [-0.4, -0.2) is 24.8 Å². The van der Waals surface area contributed by atoms with Crippen LogP contribution in [-0.2, 0) is 20.9 Å². The molecule has 1 aliphatic heterocycles. The predicted molar refractivity (Wildman–Crippen MR) is 83.9 cm³/mol. The lowest BCUT2D eigenvalue weighted by Gasteiger charge is -2.12. The molecule has 6 nitrogen and oxygen atoms in total. The first-order valence-corrected chi connectivity index (χ1v) is 7.26. The number of esters is 1. The van der Waals surface area contributed by atoms with Crippen LogP contribution in [0.4, 0.5) is 0 Å². The van der Waals surface area contributed by atoms with E-state index in [1.54, 1.807) is 30.4 Å². The molecule has 1 heterocycles. The summed E-state index contributed by atoms with van der Waals surface area (Å²) >= 11 is 0. The summed E-state index contributed by atoms with van der Waals surface area (Å²) in [5.41, 5.74) is 0.870. The van der Waals surface area contributed by atoms with Crippen molar-refractivity contribution in [3.05, 3.63) is 48.1 Å². The molecule has 1 N–H and O–H groups in total. The highest BCUT2D eigenvalue weighted by molar-refractivity contribution is 5.87. The van der Waals surface area contributed by atoms with Gasteiger partial charge in [0.05, 0.1) is 0 Å². The van der Waals surface area contributed by atoms with Crippen LogP contribution in [0.15, 0.2) is 42.5 Å². The van der Waals surface area contributed by atoms with Crippen molar-refractivity contribution in [2.45, 2.75) is 26.5 Å². The van der Waals surface area contributed by atoms with Gasteiger partial charge in [0.25, 0.3) is 5.91 Å². The van der Waals surface area contributed by atoms with Crippen LogP contribution in [0.25, 0.3) is 0 Å². The van der Waals surface area contributed by atoms with Gasteiger partial charge >= 0.3 is 5.97 Å². The van der Waals surface area contributed by atoms with Crippen LogP contribution in [0.3, 0.4) is 0 Å². The minimum absolute atomic E-state index is 0.207. The number of nitrogens with one attached hydrogen (secondary N) is 1. The third kappa shape index (κ3) is 4.88. The minimum Gasteiger partial charge on any atom is -0.454 e. The highest BCUT2D eigenvalue weighted by Crippen LogP contribution is 2.32. The molecule has 0 spiro atoms. The lowest BCUT2D eigenvalue weighted by molar-refractivity contribution is -0.150. The molecule has 0 aromatic heterocycles. The first-order valence-electron chi connectivity index (χ1n) is 7.26. The Labute approximate surface area is 134 Å². The van der Waals surface area contributed by atoms with Gasteiger partial charge in [0.15, 0.2) is 17.6 Å². The highest BCUT2D eigenvalue weighted by atomic mass is 16.7. The smallest absolute Gasteiger partial charge is 0.331 e. The van der Waals surface area contributed by atoms with E-state index in [1.165, 1.54) is 13.0 Å². The van der Waals surface area contributed by atoms with E-state index in [0.29, 0.717) is 18.0 Å². The summed E-state index contributed by atoms with van der Waals surface area (Å²) in [6, 6.07) is 5.43. The standard InChI is InChI=1S/C17H19NO5/c1-3-4-5-6-16(19)23-12(2)17(20)18-10-13-7-8-14-15(9-13)22-11-21-14/h3-9,12H,10-11H2,1-2H3,(H,18,20)/b4-3+,6-5+/t12-/m1/s1. The number of fused-ring (bicyclic) bond motifs is 1. The van der Waals surface area contributed by atoms with Crippen molar-refractivity contribution in [3.8, 4) is 11.5 Å². The van der Waals surface area contributed by atoms with E-state index < -0.39 is 12.1 Å². The van der Waals surface area contributed by atoms with Gasteiger partial charge in [0, 0.05) is 12.6 Å². The van der Waals surface area contributed by atoms with E-state index >= 15 is 0 Å². The number of carbonyl (C=O) groups excluding carboxylic acids is 2. The highest BCUT2D eigenvalue weighted by Gasteiger charge is 2.17. The van der Waals surface area contributed by atoms with Gasteiger partial charge in [0.2, 0.25) is 6.79 Å². The summed E-state index contributed by atoms with van der Waals surface area (Å²) in [5.74, 6) is 0.421. The molecule has 23 heavy (non-hydrogen) atoms. The molecular weight excluding hydrogens is 298 g/mol. The molecule has 1 aromatic rings. The second-order valence-electron chi connectivity index (χ2n) is 4.87. The van der Waals surface area contributed by atoms with E-state index in [2.05, 4.69) is 5.32 Å². The fourth-order valence-corrected chi connectivity index (χ4v) is 1.90. The lowest BCUT2D eigenvalue weighted by atomic mass is 10.2. The first-order chi connectivity index (χ1) is 11.1. The first kappa shape index (κ1) is 16.6. The monoisotopic (exact) mass is 317 g/mol. The second kappa shape index (κ2) is 8.03. The van der Waals surface area contributed by atoms with Gasteiger partial charge < -0.3 is 19.5 Å². The topological polar surface area (TPSA) is 73.9 Å². The number of benzene rings is 1. The van der Waals surface area contributed by atoms with Crippen molar-refractivity contribution in [1.82, 2.24) is 5.32 Å². The molecule has 0 aliphatic carbocycles. The summed E-state index contributed by atoms with van der Waals surface area (Å²) in [6.07, 6.45) is 5.43. The van der Waals surface area contributed by atoms with Gasteiger partial charge in [-0.2, -0.15) is 0 Å². The summed E-state index contributed by atoms with van der Waals surface area (Å²) < 4.78 is 15.5. The van der Waals surface area contributed by atoms with Gasteiger partial charge in [-0.1, -0.05) is 24.3 Å². The van der Waals surface area contributed by atoms with Crippen LogP contribution >= 0.6 is 0 Å². The number of hydrogen-bond donors (Lipinski definition) is 1. The van der Waals surface area contributed by atoms with Crippen molar-refractivity contribution < 1.29 is 23.8 Å². The van der Waals surface area contributed by atoms with Crippen LogP contribution in [0.2, 0.25) is 0 Å². The zero-order chi connectivity index (χ0) is 16.7. The Bertz CT molecular complexity index is 636. The fourth-order valence-electron chi connectivity index (χ4n) is 1.90. The Kier molecular flexibility index (Phi) is 5.80. The molecule has 2 rings (SSSR count). The molecule has 1 aromatic carbocycles. The summed E-state index contributed by atoms with van der Waals surface area (Å²) in [4.78, 5) is 23.4. The molecule has 122 valence electrons. The van der Waals surface area contributed by atoms with Gasteiger partial charge in [-0.05, 0) is 31.5 Å². The van der Waals surface area contributed by atoms with Crippen molar-refractivity contribution in [3.63, 3.8) is 0 Å². The molecule has 1 aliphatic rings. The molecular formula is C17H19NO5. The lowest BCUT2D eigenvalue weighted by Crippen LogP contribution is -2.35. The summed E-state index contributed by atoms with van der Waals surface area (Å²) in [6.45, 7) is 3.88. The minimum atomic E-state index is -0.869. The fraction of sp³-hybridized carbons (Fsp3) is 0.294. The molecule has 6 heteroatoms. The molecule has 0 saturated carbocycles. The summed E-state index contributed by atoms with van der Waals surface area (Å²) in [7, 11) is 0. The Morgan fingerprint density at radius 2 is 2.09 bits per heavy atom. The number of carbonyl (C=O) groups is 2. The zero-order valence-electron chi connectivity index (χ0n) is 13.1. The van der Waals surface area contributed by atoms with Crippen molar-refractivity contribution in [2.24, 2.45) is 0 Å². The molecule has 0 fully saturated rings. The average Bonchev–Trinajstić information content (AvgIpc) is 3.00. The Balaban J connectivity index is 1.81. The van der Waals surface area contributed by atoms with E-state index in [-0.39, 0.29) is 12.7 Å². The zero-order valence-corrected chi connectivity index (χ0v) is 13.1. The number of ether oxygens (including phenoxy) is 3. The number of hydrogen-bond acceptors (Lipinski definition) is 5. The van der Waals surface area contributed by atoms with Crippen LogP contribution < -0.4 is 14.8 Å². The third-order valence-corrected chi connectivity index (χ3v) is 3.10. The molecule has 0 saturated heterocycles. The maximum absolute atomic E-state index is 11.9. The number of rotatable bonds is 6. The molecule has 0 radical (unpaired) electrons. The Hall–Kier alpha value is -2.76. The van der Waals surface area contributed by atoms with Crippen LogP contribution in [0, 0.1) is 0 Å². The van der Waals surface area contributed by atoms with Gasteiger partial charge in [-0.15, -0.1) is 0 Å². The number of amides is 1. The quantitative estimate of drug-likeness (QED) is 0.494. The average molecular weight is 317 g/mol. The Morgan fingerprint density at radius 1 is 1.30 bits per heavy atom. The van der Waals surface area contributed by atoms with Crippen molar-refractivity contribution in [2.75, 3.05) is 6.79 Å². The van der Waals surface area contributed by atoms with Gasteiger partial charge in [-0.3, -0.25) is 4.79 Å². The second-order valence-corrected chi connectivity index (χ2v) is 4.87. The maximum atomic E-state index is 11.9. The molecule has 0 unspecified atom stereocenters. The van der Waals surface area contributed by atoms with E-state index in [0.717, 1.165) is 5.56 Å². The van der Waals surface area contributed by atoms with Crippen LogP contribution in [0.5, 0.6) is 11.5 Å². The molecule has 1 amide bonds. The van der Waals surface area contributed by atoms with Crippen molar-refractivity contribution in [1.29, 1.82) is 0 Å². The van der Waals surface area contributed by atoms with Gasteiger partial charge in [-0.25, -0.2) is 4.79 Å². The molecule has 1 atom stereocenters. The number of allylic oxidation sites excluding steroid dienone is 3. The largest absolute Gasteiger partial charge is 0.454 e. The van der Waals surface area contributed by atoms with E-state index in [9.17, 15) is 9.59 Å². The third-order valence-electron chi connectivity index (χ3n) is 3.10. The predicted octanol–water partition coefficient (Wildman–Crippen LogP) is 2.10. The maximum Gasteiger partial charge on any atom is 0.331 e. The van der Waals surface area contributed by atoms with Crippen LogP contribution in [0.1, 0.15) is 19.4 Å². The summed E-state index contributed by atoms with van der Waals surface area (Å²) in [5, 5.41) is 2.71. The SMILES string of the molecule is C/C=C/C=C/C(=O)O[C@H](C)C(=O)NCc1ccc2c(c1)OCO2. The van der Waals surface area contributed by atoms with E-state index in [1.807, 2.05) is 13.0 Å². The Morgan fingerprint density at radius 3 is 2.87 bits per heavy atom. The van der Waals surface area contributed by atoms with Crippen molar-refractivity contribution >= 4 is 11.9 Å². The molecule has 0 bridgehead atoms. The normalized spacial score (nSPS) is 14.2.